The number of benzene rings is 1. The molecule has 2 aromatic rings. The van der Waals surface area contributed by atoms with Gasteiger partial charge in [0.05, 0.1) is 17.3 Å². The van der Waals surface area contributed by atoms with E-state index in [1.54, 1.807) is 42.6 Å². The fourth-order valence-electron chi connectivity index (χ4n) is 1.74. The highest BCUT2D eigenvalue weighted by Crippen LogP contribution is 2.10. The number of nitrogens with zero attached hydrogens (tertiary/aromatic N) is 2. The largest absolute Gasteiger partial charge is 0.295 e. The molecule has 122 valence electrons. The van der Waals surface area contributed by atoms with Crippen LogP contribution in [-0.2, 0) is 0 Å². The van der Waals surface area contributed by atoms with Crippen molar-refractivity contribution in [2.45, 2.75) is 13.8 Å². The van der Waals surface area contributed by atoms with Gasteiger partial charge in [0.15, 0.2) is 5.78 Å². The quantitative estimate of drug-likeness (QED) is 0.571. The molecule has 0 aliphatic rings. The van der Waals surface area contributed by atoms with E-state index >= 15 is 0 Å². The Labute approximate surface area is 147 Å². The van der Waals surface area contributed by atoms with Gasteiger partial charge in [0.2, 0.25) is 0 Å². The van der Waals surface area contributed by atoms with Gasteiger partial charge in [-0.15, -0.1) is 11.3 Å². The number of allylic oxidation sites excluding steroid dienone is 3. The lowest BCUT2D eigenvalue weighted by molar-refractivity contribution is 0.101. The third-order valence-corrected chi connectivity index (χ3v) is 3.79. The monoisotopic (exact) mass is 336 g/mol. The fourth-order valence-corrected chi connectivity index (χ4v) is 2.35. The molecule has 1 aromatic heterocycles. The van der Waals surface area contributed by atoms with Crippen LogP contribution in [0.15, 0.2) is 65.0 Å². The Bertz CT molecular complexity index is 778. The third-order valence-electron chi connectivity index (χ3n) is 2.96. The van der Waals surface area contributed by atoms with Gasteiger partial charge < -0.3 is 0 Å². The Hall–Kier alpha value is -2.77. The molecule has 0 radical (unpaired) electrons. The average Bonchev–Trinajstić information content (AvgIpc) is 3.12. The molecule has 0 bridgehead atoms. The first-order valence-corrected chi connectivity index (χ1v) is 8.30. The number of hydrogen-bond acceptors (Lipinski definition) is 4. The predicted molar refractivity (Wildman–Crippen MR) is 103 cm³/mol. The Morgan fingerprint density at radius 3 is 2.58 bits per heavy atom. The number of carbonyl (C=O) groups excluding carboxylic acids is 1. The number of nitriles is 1. The minimum Gasteiger partial charge on any atom is -0.295 e. The molecular weight excluding hydrogens is 316 g/mol. The molecule has 0 amide bonds. The summed E-state index contributed by atoms with van der Waals surface area (Å²) < 4.78 is 0. The molecule has 24 heavy (non-hydrogen) atoms. The second kappa shape index (κ2) is 10.9. The minimum atomic E-state index is -0.0119. The maximum absolute atomic E-state index is 10.8. The molecule has 0 spiro atoms. The summed E-state index contributed by atoms with van der Waals surface area (Å²) in [5.41, 5.74) is 2.11. The first-order chi connectivity index (χ1) is 11.6. The Kier molecular flexibility index (Phi) is 8.73. The summed E-state index contributed by atoms with van der Waals surface area (Å²) in [4.78, 5) is 16.2. The van der Waals surface area contributed by atoms with Crippen LogP contribution < -0.4 is 0 Å². The van der Waals surface area contributed by atoms with E-state index in [1.807, 2.05) is 37.3 Å². The van der Waals surface area contributed by atoms with Crippen LogP contribution in [-0.4, -0.2) is 18.5 Å². The van der Waals surface area contributed by atoms with Crippen molar-refractivity contribution in [3.63, 3.8) is 0 Å². The molecule has 4 heteroatoms. The Balaban J connectivity index is 0.000000243. The van der Waals surface area contributed by atoms with E-state index in [2.05, 4.69) is 22.5 Å². The van der Waals surface area contributed by atoms with Crippen molar-refractivity contribution in [3.05, 3.63) is 76.0 Å². The summed E-state index contributed by atoms with van der Waals surface area (Å²) >= 11 is 1.73. The van der Waals surface area contributed by atoms with Crippen LogP contribution in [0.25, 0.3) is 6.08 Å². The lowest BCUT2D eigenvalue weighted by Crippen LogP contribution is -1.91. The highest BCUT2D eigenvalue weighted by molar-refractivity contribution is 7.10. The molecule has 0 aliphatic heterocycles. The second-order valence-electron chi connectivity index (χ2n) is 4.75. The maximum atomic E-state index is 10.8. The van der Waals surface area contributed by atoms with Crippen molar-refractivity contribution in [2.24, 2.45) is 4.99 Å². The number of hydrogen-bond donors (Lipinski definition) is 0. The molecule has 2 rings (SSSR count). The number of ketones is 1. The van der Waals surface area contributed by atoms with Crippen molar-refractivity contribution in [1.82, 2.24) is 0 Å². The highest BCUT2D eigenvalue weighted by atomic mass is 32.1. The number of aliphatic imine (C=N–C) groups is 1. The molecule has 0 unspecified atom stereocenters. The zero-order valence-electron chi connectivity index (χ0n) is 14.1. The Morgan fingerprint density at radius 1 is 1.25 bits per heavy atom. The van der Waals surface area contributed by atoms with E-state index in [4.69, 9.17) is 5.26 Å². The van der Waals surface area contributed by atoms with Gasteiger partial charge in [0.25, 0.3) is 0 Å². The van der Waals surface area contributed by atoms with Crippen LogP contribution in [0.2, 0.25) is 0 Å². The molecule has 0 saturated heterocycles. The molecule has 0 atom stereocenters. The van der Waals surface area contributed by atoms with Gasteiger partial charge in [-0.2, -0.15) is 5.26 Å². The van der Waals surface area contributed by atoms with E-state index < -0.39 is 0 Å². The second-order valence-corrected chi connectivity index (χ2v) is 5.73. The topological polar surface area (TPSA) is 53.2 Å². The van der Waals surface area contributed by atoms with E-state index in [0.29, 0.717) is 11.1 Å². The summed E-state index contributed by atoms with van der Waals surface area (Å²) in [6.07, 6.45) is 8.07. The minimum absolute atomic E-state index is 0.0119. The normalized spacial score (nSPS) is 11.2. The van der Waals surface area contributed by atoms with Gasteiger partial charge in [-0.05, 0) is 55.7 Å². The van der Waals surface area contributed by atoms with Crippen molar-refractivity contribution >= 4 is 28.9 Å². The van der Waals surface area contributed by atoms with Crippen LogP contribution in [0, 0.1) is 11.3 Å². The van der Waals surface area contributed by atoms with Gasteiger partial charge in [-0.25, -0.2) is 0 Å². The molecule has 1 heterocycles. The summed E-state index contributed by atoms with van der Waals surface area (Å²) in [6.45, 7) is 3.47. The molecule has 0 aliphatic carbocycles. The van der Waals surface area contributed by atoms with Crippen molar-refractivity contribution < 1.29 is 4.79 Å². The smallest absolute Gasteiger partial charge is 0.159 e. The number of Topliss-reactive ketones (excluding diaryl/α,β-unsaturated/α-hetero) is 1. The molecular formula is C20H20N2OS. The fraction of sp³-hybridized carbons (Fsp3) is 0.150. The molecule has 0 fully saturated rings. The van der Waals surface area contributed by atoms with Gasteiger partial charge in [-0.3, -0.25) is 9.79 Å². The van der Waals surface area contributed by atoms with Crippen LogP contribution in [0.1, 0.15) is 34.6 Å². The van der Waals surface area contributed by atoms with Gasteiger partial charge in [0, 0.05) is 17.5 Å². The SMILES string of the molecule is C/C=C\C(/C=C/c1cccs1)=NC.CC(=O)c1cccc(C#N)c1. The van der Waals surface area contributed by atoms with Crippen molar-refractivity contribution in [2.75, 3.05) is 7.05 Å². The van der Waals surface area contributed by atoms with Crippen LogP contribution in [0.3, 0.4) is 0 Å². The van der Waals surface area contributed by atoms with Crippen molar-refractivity contribution in [1.29, 1.82) is 5.26 Å². The van der Waals surface area contributed by atoms with E-state index in [9.17, 15) is 4.79 Å². The number of rotatable bonds is 4. The average molecular weight is 336 g/mol. The lowest BCUT2D eigenvalue weighted by Gasteiger charge is -1.93. The third kappa shape index (κ3) is 6.99. The first-order valence-electron chi connectivity index (χ1n) is 7.43. The van der Waals surface area contributed by atoms with E-state index in [-0.39, 0.29) is 5.78 Å². The summed E-state index contributed by atoms with van der Waals surface area (Å²) in [5, 5.41) is 10.6. The standard InChI is InChI=1S/C11H13NS.C9H7NO/c1-3-5-10(12-2)7-8-11-6-4-9-13-11;1-7(11)9-4-2-3-8(5-9)6-10/h3-9H,1-2H3;2-5H,1H3/b5-3-,8-7+,12-10?;. The van der Waals surface area contributed by atoms with E-state index in [0.717, 1.165) is 5.71 Å². The summed E-state index contributed by atoms with van der Waals surface area (Å²) in [6, 6.07) is 12.8. The summed E-state index contributed by atoms with van der Waals surface area (Å²) in [7, 11) is 1.80. The van der Waals surface area contributed by atoms with Gasteiger partial charge in [-0.1, -0.05) is 24.3 Å². The van der Waals surface area contributed by atoms with Gasteiger partial charge in [0.1, 0.15) is 0 Å². The van der Waals surface area contributed by atoms with E-state index in [1.165, 1.54) is 11.8 Å². The number of carbonyl (C=O) groups is 1. The predicted octanol–water partition coefficient (Wildman–Crippen LogP) is 5.17. The summed E-state index contributed by atoms with van der Waals surface area (Å²) in [5.74, 6) is -0.0119. The maximum Gasteiger partial charge on any atom is 0.159 e. The molecule has 0 saturated carbocycles. The molecule has 0 N–H and O–H groups in total. The van der Waals surface area contributed by atoms with Crippen molar-refractivity contribution in [3.8, 4) is 6.07 Å². The van der Waals surface area contributed by atoms with Crippen LogP contribution >= 0.6 is 11.3 Å². The first kappa shape index (κ1) is 19.3. The highest BCUT2D eigenvalue weighted by Gasteiger charge is 1.98. The zero-order valence-corrected chi connectivity index (χ0v) is 14.9. The zero-order chi connectivity index (χ0) is 17.8. The molecule has 3 nitrogen and oxygen atoms in total. The molecule has 1 aromatic carbocycles. The Morgan fingerprint density at radius 2 is 2.04 bits per heavy atom. The lowest BCUT2D eigenvalue weighted by atomic mass is 10.1. The van der Waals surface area contributed by atoms with Crippen LogP contribution in [0.4, 0.5) is 0 Å². The van der Waals surface area contributed by atoms with Crippen LogP contribution in [0.5, 0.6) is 0 Å². The van der Waals surface area contributed by atoms with Gasteiger partial charge >= 0.3 is 0 Å². The number of thiophene rings is 1.